The first-order valence-electron chi connectivity index (χ1n) is 7.13. The predicted molar refractivity (Wildman–Crippen MR) is 74.7 cm³/mol. The molecule has 2 atom stereocenters. The van der Waals surface area contributed by atoms with Crippen molar-refractivity contribution in [2.75, 3.05) is 6.54 Å². The first-order valence-corrected chi connectivity index (χ1v) is 7.13. The van der Waals surface area contributed by atoms with E-state index in [0.29, 0.717) is 30.7 Å². The number of piperidine rings is 1. The summed E-state index contributed by atoms with van der Waals surface area (Å²) in [6, 6.07) is 0. The van der Waals surface area contributed by atoms with E-state index in [-0.39, 0.29) is 5.91 Å². The molecule has 0 saturated carbocycles. The largest absolute Gasteiger partial charge is 0.443 e. The Morgan fingerprint density at radius 2 is 2.00 bits per heavy atom. The van der Waals surface area contributed by atoms with Crippen LogP contribution in [0.4, 0.5) is 4.79 Å². The van der Waals surface area contributed by atoms with Gasteiger partial charge in [0.2, 0.25) is 5.91 Å². The fourth-order valence-electron chi connectivity index (χ4n) is 2.49. The standard InChI is InChI=1S/C15H27NO3/c1-10(2)7-12-8-13(17)16(9-11(12)3)14(18)19-15(4,5)6/h10-12H,7-9H2,1-6H3. The SMILES string of the molecule is CC(C)CC1CC(=O)N(C(=O)OC(C)(C)C)CC1C. The third kappa shape index (κ3) is 4.84. The van der Waals surface area contributed by atoms with Crippen molar-refractivity contribution in [1.29, 1.82) is 0 Å². The number of carbonyl (C=O) groups excluding carboxylic acids is 2. The van der Waals surface area contributed by atoms with Gasteiger partial charge in [-0.05, 0) is 44.9 Å². The van der Waals surface area contributed by atoms with Gasteiger partial charge in [-0.15, -0.1) is 0 Å². The number of imide groups is 1. The average molecular weight is 269 g/mol. The van der Waals surface area contributed by atoms with Gasteiger partial charge in [-0.1, -0.05) is 20.8 Å². The van der Waals surface area contributed by atoms with E-state index in [1.165, 1.54) is 4.90 Å². The van der Waals surface area contributed by atoms with Gasteiger partial charge in [0.1, 0.15) is 5.60 Å². The Kier molecular flexibility index (Phi) is 4.99. The molecule has 0 radical (unpaired) electrons. The molecule has 19 heavy (non-hydrogen) atoms. The van der Waals surface area contributed by atoms with E-state index in [4.69, 9.17) is 4.74 Å². The third-order valence-corrected chi connectivity index (χ3v) is 3.40. The zero-order valence-electron chi connectivity index (χ0n) is 13.0. The number of amides is 2. The monoisotopic (exact) mass is 269 g/mol. The van der Waals surface area contributed by atoms with Crippen molar-refractivity contribution in [3.05, 3.63) is 0 Å². The lowest BCUT2D eigenvalue weighted by molar-refractivity contribution is -0.136. The summed E-state index contributed by atoms with van der Waals surface area (Å²) >= 11 is 0. The molecule has 0 aromatic heterocycles. The summed E-state index contributed by atoms with van der Waals surface area (Å²) in [5.74, 6) is 1.20. The minimum Gasteiger partial charge on any atom is -0.443 e. The molecule has 0 N–H and O–H groups in total. The molecular formula is C15H27NO3. The molecule has 0 aromatic carbocycles. The fourth-order valence-corrected chi connectivity index (χ4v) is 2.49. The minimum atomic E-state index is -0.560. The first kappa shape index (κ1) is 16.0. The van der Waals surface area contributed by atoms with Crippen LogP contribution in [0.3, 0.4) is 0 Å². The van der Waals surface area contributed by atoms with E-state index >= 15 is 0 Å². The summed E-state index contributed by atoms with van der Waals surface area (Å²) in [5.41, 5.74) is -0.560. The zero-order chi connectivity index (χ0) is 14.8. The quantitative estimate of drug-likeness (QED) is 0.771. The molecule has 0 aliphatic carbocycles. The van der Waals surface area contributed by atoms with Gasteiger partial charge in [0.25, 0.3) is 0 Å². The van der Waals surface area contributed by atoms with Crippen molar-refractivity contribution >= 4 is 12.0 Å². The molecule has 1 rings (SSSR count). The van der Waals surface area contributed by atoms with E-state index in [2.05, 4.69) is 20.8 Å². The molecule has 1 aliphatic rings. The Bertz CT molecular complexity index is 344. The summed E-state index contributed by atoms with van der Waals surface area (Å²) in [7, 11) is 0. The molecule has 110 valence electrons. The van der Waals surface area contributed by atoms with Crippen molar-refractivity contribution < 1.29 is 14.3 Å². The average Bonchev–Trinajstić information content (AvgIpc) is 2.19. The Morgan fingerprint density at radius 1 is 1.42 bits per heavy atom. The molecule has 0 spiro atoms. The second-order valence-electron chi connectivity index (χ2n) is 7.06. The number of hydrogen-bond acceptors (Lipinski definition) is 3. The molecule has 1 aliphatic heterocycles. The summed E-state index contributed by atoms with van der Waals surface area (Å²) in [5, 5.41) is 0. The summed E-state index contributed by atoms with van der Waals surface area (Å²) < 4.78 is 5.28. The molecule has 4 nitrogen and oxygen atoms in total. The summed E-state index contributed by atoms with van der Waals surface area (Å²) in [4.78, 5) is 25.3. The van der Waals surface area contributed by atoms with Crippen molar-refractivity contribution in [2.24, 2.45) is 17.8 Å². The lowest BCUT2D eigenvalue weighted by atomic mass is 9.81. The number of rotatable bonds is 2. The number of likely N-dealkylation sites (tertiary alicyclic amines) is 1. The summed E-state index contributed by atoms with van der Waals surface area (Å²) in [6.45, 7) is 12.3. The molecule has 4 heteroatoms. The van der Waals surface area contributed by atoms with Crippen LogP contribution < -0.4 is 0 Å². The van der Waals surface area contributed by atoms with Crippen LogP contribution in [0.1, 0.15) is 54.4 Å². The van der Waals surface area contributed by atoms with Crippen LogP contribution >= 0.6 is 0 Å². The molecule has 2 amide bonds. The van der Waals surface area contributed by atoms with Crippen LogP contribution in [-0.4, -0.2) is 29.0 Å². The van der Waals surface area contributed by atoms with Crippen molar-refractivity contribution in [3.8, 4) is 0 Å². The number of hydrogen-bond donors (Lipinski definition) is 0. The van der Waals surface area contributed by atoms with Gasteiger partial charge in [-0.2, -0.15) is 0 Å². The zero-order valence-corrected chi connectivity index (χ0v) is 13.0. The fraction of sp³-hybridized carbons (Fsp3) is 0.867. The van der Waals surface area contributed by atoms with Crippen LogP contribution in [0.25, 0.3) is 0 Å². The maximum absolute atomic E-state index is 12.1. The second kappa shape index (κ2) is 5.93. The van der Waals surface area contributed by atoms with Gasteiger partial charge in [0, 0.05) is 13.0 Å². The molecule has 0 aromatic rings. The van der Waals surface area contributed by atoms with Gasteiger partial charge in [0.15, 0.2) is 0 Å². The van der Waals surface area contributed by atoms with Crippen LogP contribution in [0.5, 0.6) is 0 Å². The van der Waals surface area contributed by atoms with Gasteiger partial charge >= 0.3 is 6.09 Å². The maximum atomic E-state index is 12.1. The number of nitrogens with zero attached hydrogens (tertiary/aromatic N) is 1. The van der Waals surface area contributed by atoms with Crippen LogP contribution in [0, 0.1) is 17.8 Å². The highest BCUT2D eigenvalue weighted by molar-refractivity contribution is 5.92. The third-order valence-electron chi connectivity index (χ3n) is 3.40. The smallest absolute Gasteiger partial charge is 0.417 e. The number of carbonyl (C=O) groups is 2. The molecule has 1 fully saturated rings. The summed E-state index contributed by atoms with van der Waals surface area (Å²) in [6.07, 6.45) is 0.987. The molecule has 1 saturated heterocycles. The van der Waals surface area contributed by atoms with Crippen LogP contribution in [0.2, 0.25) is 0 Å². The van der Waals surface area contributed by atoms with E-state index in [0.717, 1.165) is 6.42 Å². The Morgan fingerprint density at radius 3 is 2.47 bits per heavy atom. The van der Waals surface area contributed by atoms with E-state index in [1.54, 1.807) is 0 Å². The van der Waals surface area contributed by atoms with Crippen molar-refractivity contribution in [3.63, 3.8) is 0 Å². The van der Waals surface area contributed by atoms with Gasteiger partial charge < -0.3 is 4.74 Å². The first-order chi connectivity index (χ1) is 8.60. The Balaban J connectivity index is 2.65. The molecule has 1 heterocycles. The predicted octanol–water partition coefficient (Wildman–Crippen LogP) is 3.45. The highest BCUT2D eigenvalue weighted by atomic mass is 16.6. The van der Waals surface area contributed by atoms with E-state index in [9.17, 15) is 9.59 Å². The molecular weight excluding hydrogens is 242 g/mol. The number of ether oxygens (including phenoxy) is 1. The lowest BCUT2D eigenvalue weighted by Gasteiger charge is -2.36. The highest BCUT2D eigenvalue weighted by Crippen LogP contribution is 2.30. The van der Waals surface area contributed by atoms with Gasteiger partial charge in [0.05, 0.1) is 0 Å². The Hall–Kier alpha value is -1.06. The van der Waals surface area contributed by atoms with Crippen molar-refractivity contribution in [2.45, 2.75) is 60.0 Å². The highest BCUT2D eigenvalue weighted by Gasteiger charge is 2.36. The van der Waals surface area contributed by atoms with Crippen molar-refractivity contribution in [1.82, 2.24) is 4.90 Å². The minimum absolute atomic E-state index is 0.0991. The lowest BCUT2D eigenvalue weighted by Crippen LogP contribution is -2.48. The maximum Gasteiger partial charge on any atom is 0.417 e. The van der Waals surface area contributed by atoms with E-state index < -0.39 is 11.7 Å². The van der Waals surface area contributed by atoms with Crippen LogP contribution in [-0.2, 0) is 9.53 Å². The van der Waals surface area contributed by atoms with Gasteiger partial charge in [-0.25, -0.2) is 9.69 Å². The molecule has 2 unspecified atom stereocenters. The Labute approximate surface area is 116 Å². The topological polar surface area (TPSA) is 46.6 Å². The van der Waals surface area contributed by atoms with Gasteiger partial charge in [-0.3, -0.25) is 4.79 Å². The molecule has 0 bridgehead atoms. The van der Waals surface area contributed by atoms with Crippen LogP contribution in [0.15, 0.2) is 0 Å². The second-order valence-corrected chi connectivity index (χ2v) is 7.06. The normalized spacial score (nSPS) is 24.8. The van der Waals surface area contributed by atoms with E-state index in [1.807, 2.05) is 20.8 Å².